The summed E-state index contributed by atoms with van der Waals surface area (Å²) in [5, 5.41) is 6.76. The van der Waals surface area contributed by atoms with Gasteiger partial charge in [0.05, 0.1) is 12.7 Å². The van der Waals surface area contributed by atoms with Crippen molar-refractivity contribution in [2.75, 3.05) is 46.4 Å². The third-order valence-electron chi connectivity index (χ3n) is 4.94. The molecule has 23 heavy (non-hydrogen) atoms. The van der Waals surface area contributed by atoms with Gasteiger partial charge in [0.2, 0.25) is 0 Å². The van der Waals surface area contributed by atoms with Crippen LogP contribution >= 0.6 is 0 Å². The molecule has 0 spiro atoms. The quantitative estimate of drug-likeness (QED) is 0.327. The lowest BCUT2D eigenvalue weighted by molar-refractivity contribution is 0.0468. The molecule has 0 aromatic heterocycles. The Morgan fingerprint density at radius 1 is 0.957 bits per heavy atom. The molecule has 0 bridgehead atoms. The lowest BCUT2D eigenvalue weighted by atomic mass is 10.1. The first kappa shape index (κ1) is 18.5. The summed E-state index contributed by atoms with van der Waals surface area (Å²) in [5.74, 6) is 0.895. The van der Waals surface area contributed by atoms with Crippen LogP contribution in [-0.4, -0.2) is 63.3 Å². The molecular weight excluding hydrogens is 288 g/mol. The van der Waals surface area contributed by atoms with Gasteiger partial charge in [-0.05, 0) is 38.8 Å². The van der Waals surface area contributed by atoms with E-state index in [0.29, 0.717) is 6.10 Å². The second kappa shape index (κ2) is 11.7. The topological polar surface area (TPSA) is 48.9 Å². The Morgan fingerprint density at radius 2 is 1.61 bits per heavy atom. The Balaban J connectivity index is 1.50. The van der Waals surface area contributed by atoms with Crippen LogP contribution in [0, 0.1) is 0 Å². The molecule has 5 heteroatoms. The molecule has 1 heterocycles. The molecule has 1 aliphatic heterocycles. The van der Waals surface area contributed by atoms with Crippen molar-refractivity contribution < 1.29 is 4.74 Å². The predicted octanol–water partition coefficient (Wildman–Crippen LogP) is 2.38. The fraction of sp³-hybridized carbons (Fsp3) is 0.944. The van der Waals surface area contributed by atoms with Crippen molar-refractivity contribution in [3.05, 3.63) is 0 Å². The second-order valence-electron chi connectivity index (χ2n) is 6.81. The smallest absolute Gasteiger partial charge is 0.191 e. The first-order valence-corrected chi connectivity index (χ1v) is 9.67. The van der Waals surface area contributed by atoms with E-state index in [1.807, 2.05) is 7.05 Å². The van der Waals surface area contributed by atoms with Crippen molar-refractivity contribution in [3.8, 4) is 0 Å². The van der Waals surface area contributed by atoms with Gasteiger partial charge in [-0.15, -0.1) is 0 Å². The summed E-state index contributed by atoms with van der Waals surface area (Å²) in [7, 11) is 1.84. The van der Waals surface area contributed by atoms with E-state index in [4.69, 9.17) is 4.74 Å². The van der Waals surface area contributed by atoms with Crippen LogP contribution in [0.25, 0.3) is 0 Å². The van der Waals surface area contributed by atoms with E-state index in [0.717, 1.165) is 32.2 Å². The van der Waals surface area contributed by atoms with Gasteiger partial charge in [-0.2, -0.15) is 0 Å². The molecule has 0 aromatic carbocycles. The molecule has 1 aliphatic carbocycles. The van der Waals surface area contributed by atoms with E-state index in [-0.39, 0.29) is 0 Å². The van der Waals surface area contributed by atoms with Crippen molar-refractivity contribution >= 4 is 5.96 Å². The number of hydrogen-bond acceptors (Lipinski definition) is 3. The lowest BCUT2D eigenvalue weighted by Crippen LogP contribution is -2.43. The van der Waals surface area contributed by atoms with Crippen LogP contribution in [-0.2, 0) is 4.74 Å². The number of likely N-dealkylation sites (tertiary alicyclic amines) is 1. The minimum absolute atomic E-state index is 0.480. The van der Waals surface area contributed by atoms with Gasteiger partial charge < -0.3 is 20.3 Å². The number of nitrogens with one attached hydrogen (secondary N) is 2. The van der Waals surface area contributed by atoms with Crippen molar-refractivity contribution in [2.45, 2.75) is 63.9 Å². The SMILES string of the molecule is CN=C(NCCOC1CCCCCC1)NCCN1CCCCC1. The third-order valence-corrected chi connectivity index (χ3v) is 4.94. The van der Waals surface area contributed by atoms with Crippen molar-refractivity contribution in [3.63, 3.8) is 0 Å². The molecule has 2 rings (SSSR count). The highest BCUT2D eigenvalue weighted by Gasteiger charge is 2.12. The average Bonchev–Trinajstić information content (AvgIpc) is 2.87. The molecular formula is C18H36N4O. The Kier molecular flexibility index (Phi) is 9.41. The first-order chi connectivity index (χ1) is 11.4. The lowest BCUT2D eigenvalue weighted by Gasteiger charge is -2.26. The number of guanidine groups is 1. The summed E-state index contributed by atoms with van der Waals surface area (Å²) < 4.78 is 6.00. The van der Waals surface area contributed by atoms with Crippen LogP contribution < -0.4 is 10.6 Å². The van der Waals surface area contributed by atoms with Crippen LogP contribution in [0.3, 0.4) is 0 Å². The van der Waals surface area contributed by atoms with E-state index in [1.54, 1.807) is 0 Å². The average molecular weight is 325 g/mol. The molecule has 2 N–H and O–H groups in total. The number of nitrogens with zero attached hydrogens (tertiary/aromatic N) is 2. The number of aliphatic imine (C=N–C) groups is 1. The van der Waals surface area contributed by atoms with E-state index >= 15 is 0 Å². The minimum atomic E-state index is 0.480. The minimum Gasteiger partial charge on any atom is -0.376 e. The molecule has 0 amide bonds. The molecule has 1 saturated carbocycles. The number of hydrogen-bond donors (Lipinski definition) is 2. The van der Waals surface area contributed by atoms with Gasteiger partial charge in [-0.25, -0.2) is 0 Å². The molecule has 0 unspecified atom stereocenters. The summed E-state index contributed by atoms with van der Waals surface area (Å²) in [5.41, 5.74) is 0. The van der Waals surface area contributed by atoms with Crippen LogP contribution in [0.5, 0.6) is 0 Å². The fourth-order valence-electron chi connectivity index (χ4n) is 3.54. The first-order valence-electron chi connectivity index (χ1n) is 9.67. The van der Waals surface area contributed by atoms with Gasteiger partial charge in [0.25, 0.3) is 0 Å². The molecule has 134 valence electrons. The normalized spacial score (nSPS) is 21.9. The second-order valence-corrected chi connectivity index (χ2v) is 6.81. The number of piperidine rings is 1. The monoisotopic (exact) mass is 324 g/mol. The molecule has 1 saturated heterocycles. The van der Waals surface area contributed by atoms with Gasteiger partial charge in [0, 0.05) is 26.7 Å². The van der Waals surface area contributed by atoms with E-state index in [1.165, 1.54) is 70.9 Å². The van der Waals surface area contributed by atoms with Gasteiger partial charge in [-0.1, -0.05) is 32.1 Å². The fourth-order valence-corrected chi connectivity index (χ4v) is 3.54. The maximum atomic E-state index is 6.00. The molecule has 2 fully saturated rings. The van der Waals surface area contributed by atoms with E-state index in [2.05, 4.69) is 20.5 Å². The summed E-state index contributed by atoms with van der Waals surface area (Å²) >= 11 is 0. The van der Waals surface area contributed by atoms with Crippen LogP contribution in [0.4, 0.5) is 0 Å². The zero-order valence-electron chi connectivity index (χ0n) is 15.0. The standard InChI is InChI=1S/C18H36N4O/c1-19-18(20-11-15-22-13-7-4-8-14-22)21-12-16-23-17-9-5-2-3-6-10-17/h17H,2-16H2,1H3,(H2,19,20,21). The molecule has 5 nitrogen and oxygen atoms in total. The summed E-state index contributed by atoms with van der Waals surface area (Å²) in [6, 6.07) is 0. The highest BCUT2D eigenvalue weighted by molar-refractivity contribution is 5.79. The van der Waals surface area contributed by atoms with Crippen molar-refractivity contribution in [1.82, 2.24) is 15.5 Å². The summed E-state index contributed by atoms with van der Waals surface area (Å²) in [6.45, 7) is 6.19. The van der Waals surface area contributed by atoms with Gasteiger partial charge in [0.15, 0.2) is 5.96 Å². The zero-order valence-corrected chi connectivity index (χ0v) is 15.0. The van der Waals surface area contributed by atoms with E-state index in [9.17, 15) is 0 Å². The Hall–Kier alpha value is -0.810. The Bertz CT molecular complexity index is 321. The van der Waals surface area contributed by atoms with Crippen molar-refractivity contribution in [2.24, 2.45) is 4.99 Å². The molecule has 0 atom stereocenters. The Morgan fingerprint density at radius 3 is 2.30 bits per heavy atom. The zero-order chi connectivity index (χ0) is 16.2. The van der Waals surface area contributed by atoms with E-state index < -0.39 is 0 Å². The molecule has 2 aliphatic rings. The highest BCUT2D eigenvalue weighted by Crippen LogP contribution is 2.19. The molecule has 0 radical (unpaired) electrons. The maximum Gasteiger partial charge on any atom is 0.191 e. The van der Waals surface area contributed by atoms with Crippen molar-refractivity contribution in [1.29, 1.82) is 0 Å². The summed E-state index contributed by atoms with van der Waals surface area (Å²) in [6.07, 6.45) is 12.5. The largest absolute Gasteiger partial charge is 0.376 e. The summed E-state index contributed by atoms with van der Waals surface area (Å²) in [4.78, 5) is 6.83. The highest BCUT2D eigenvalue weighted by atomic mass is 16.5. The van der Waals surface area contributed by atoms with Gasteiger partial charge in [-0.3, -0.25) is 4.99 Å². The number of rotatable bonds is 7. The Labute approximate surface area is 142 Å². The predicted molar refractivity (Wildman–Crippen MR) is 97.1 cm³/mol. The van der Waals surface area contributed by atoms with Gasteiger partial charge >= 0.3 is 0 Å². The van der Waals surface area contributed by atoms with Crippen LogP contribution in [0.15, 0.2) is 4.99 Å². The van der Waals surface area contributed by atoms with Crippen LogP contribution in [0.2, 0.25) is 0 Å². The number of ether oxygens (including phenoxy) is 1. The maximum absolute atomic E-state index is 6.00. The third kappa shape index (κ3) is 8.02. The molecule has 0 aromatic rings. The van der Waals surface area contributed by atoms with Crippen LogP contribution in [0.1, 0.15) is 57.8 Å². The van der Waals surface area contributed by atoms with Gasteiger partial charge in [0.1, 0.15) is 0 Å².